The lowest BCUT2D eigenvalue weighted by molar-refractivity contribution is 1.33. The first-order chi connectivity index (χ1) is 6.29. The molecule has 2 aromatic heterocycles. The van der Waals surface area contributed by atoms with Crippen molar-refractivity contribution >= 4 is 28.7 Å². The van der Waals surface area contributed by atoms with Crippen LogP contribution in [-0.2, 0) is 0 Å². The van der Waals surface area contributed by atoms with Gasteiger partial charge in [0.25, 0.3) is 0 Å². The van der Waals surface area contributed by atoms with Gasteiger partial charge >= 0.3 is 0 Å². The molecule has 0 N–H and O–H groups in total. The van der Waals surface area contributed by atoms with Gasteiger partial charge in [-0.1, -0.05) is 24.3 Å². The molecule has 0 saturated carbocycles. The first kappa shape index (κ1) is 8.20. The first-order valence-electron chi connectivity index (χ1n) is 3.84. The van der Waals surface area contributed by atoms with Gasteiger partial charge in [0, 0.05) is 6.20 Å². The zero-order valence-corrected chi connectivity index (χ0v) is 7.62. The molecule has 64 valence electrons. The topological polar surface area (TPSA) is 25.8 Å². The smallest absolute Gasteiger partial charge is 0.129 e. The lowest BCUT2D eigenvalue weighted by atomic mass is 10.2. The van der Waals surface area contributed by atoms with Gasteiger partial charge in [-0.15, -0.1) is 0 Å². The number of hydrogen-bond acceptors (Lipinski definition) is 2. The SMILES string of the molecule is C=Cc1cnc2ccc(Cl)nc2c1. The summed E-state index contributed by atoms with van der Waals surface area (Å²) in [5, 5.41) is 0.482. The minimum Gasteiger partial charge on any atom is -0.254 e. The molecule has 3 heteroatoms. The molecule has 2 aromatic rings. The van der Waals surface area contributed by atoms with E-state index in [1.807, 2.05) is 12.1 Å². The van der Waals surface area contributed by atoms with Gasteiger partial charge in [0.1, 0.15) is 5.15 Å². The van der Waals surface area contributed by atoms with Crippen molar-refractivity contribution in [1.29, 1.82) is 0 Å². The van der Waals surface area contributed by atoms with Gasteiger partial charge < -0.3 is 0 Å². The highest BCUT2D eigenvalue weighted by Gasteiger charge is 1.97. The molecule has 0 aromatic carbocycles. The summed E-state index contributed by atoms with van der Waals surface area (Å²) in [6.07, 6.45) is 3.49. The molecular formula is C10H7ClN2. The van der Waals surface area contributed by atoms with Crippen LogP contribution in [-0.4, -0.2) is 9.97 Å². The molecule has 0 atom stereocenters. The summed E-state index contributed by atoms with van der Waals surface area (Å²) in [5.74, 6) is 0. The zero-order chi connectivity index (χ0) is 9.26. The predicted octanol–water partition coefficient (Wildman–Crippen LogP) is 2.93. The Morgan fingerprint density at radius 2 is 2.15 bits per heavy atom. The molecule has 2 nitrogen and oxygen atoms in total. The maximum atomic E-state index is 5.75. The second kappa shape index (κ2) is 3.15. The van der Waals surface area contributed by atoms with Gasteiger partial charge in [0.2, 0.25) is 0 Å². The van der Waals surface area contributed by atoms with E-state index in [0.29, 0.717) is 5.15 Å². The first-order valence-corrected chi connectivity index (χ1v) is 4.22. The third-order valence-corrected chi connectivity index (χ3v) is 1.97. The van der Waals surface area contributed by atoms with Gasteiger partial charge in [0.15, 0.2) is 0 Å². The van der Waals surface area contributed by atoms with Crippen molar-refractivity contribution in [3.8, 4) is 0 Å². The van der Waals surface area contributed by atoms with Gasteiger partial charge in [0.05, 0.1) is 11.0 Å². The molecule has 0 fully saturated rings. The molecule has 2 heterocycles. The van der Waals surface area contributed by atoms with E-state index >= 15 is 0 Å². The molecule has 0 aliphatic carbocycles. The molecule has 0 aliphatic rings. The van der Waals surface area contributed by atoms with Crippen LogP contribution in [0.3, 0.4) is 0 Å². The van der Waals surface area contributed by atoms with Crippen molar-refractivity contribution in [3.63, 3.8) is 0 Å². The minimum absolute atomic E-state index is 0.482. The molecule has 13 heavy (non-hydrogen) atoms. The average molecular weight is 191 g/mol. The van der Waals surface area contributed by atoms with Crippen LogP contribution in [0.15, 0.2) is 31.0 Å². The summed E-state index contributed by atoms with van der Waals surface area (Å²) in [4.78, 5) is 8.34. The van der Waals surface area contributed by atoms with Gasteiger partial charge in [-0.25, -0.2) is 4.98 Å². The van der Waals surface area contributed by atoms with Crippen LogP contribution < -0.4 is 0 Å². The normalized spacial score (nSPS) is 10.2. The number of hydrogen-bond donors (Lipinski definition) is 0. The van der Waals surface area contributed by atoms with E-state index in [1.54, 1.807) is 18.3 Å². The Morgan fingerprint density at radius 3 is 2.92 bits per heavy atom. The number of rotatable bonds is 1. The summed E-state index contributed by atoms with van der Waals surface area (Å²) >= 11 is 5.75. The van der Waals surface area contributed by atoms with Crippen molar-refractivity contribution in [2.24, 2.45) is 0 Å². The van der Waals surface area contributed by atoms with E-state index in [9.17, 15) is 0 Å². The van der Waals surface area contributed by atoms with E-state index in [-0.39, 0.29) is 0 Å². The highest BCUT2D eigenvalue weighted by molar-refractivity contribution is 6.29. The fourth-order valence-corrected chi connectivity index (χ4v) is 1.26. The summed E-state index contributed by atoms with van der Waals surface area (Å²) in [6, 6.07) is 5.48. The van der Waals surface area contributed by atoms with Gasteiger partial charge in [-0.05, 0) is 23.8 Å². The van der Waals surface area contributed by atoms with Crippen molar-refractivity contribution in [3.05, 3.63) is 41.7 Å². The molecule has 0 aliphatic heterocycles. The lowest BCUT2D eigenvalue weighted by Crippen LogP contribution is -1.84. The van der Waals surface area contributed by atoms with Crippen LogP contribution in [0.5, 0.6) is 0 Å². The lowest BCUT2D eigenvalue weighted by Gasteiger charge is -1.97. The van der Waals surface area contributed by atoms with Crippen LogP contribution in [0.25, 0.3) is 17.1 Å². The van der Waals surface area contributed by atoms with E-state index in [1.165, 1.54) is 0 Å². The molecule has 0 amide bonds. The van der Waals surface area contributed by atoms with Crippen LogP contribution in [0.2, 0.25) is 5.15 Å². The van der Waals surface area contributed by atoms with Crippen molar-refractivity contribution in [1.82, 2.24) is 9.97 Å². The van der Waals surface area contributed by atoms with Crippen LogP contribution in [0.1, 0.15) is 5.56 Å². The Balaban J connectivity index is 2.74. The van der Waals surface area contributed by atoms with Gasteiger partial charge in [-0.3, -0.25) is 4.98 Å². The molecule has 0 bridgehead atoms. The molecular weight excluding hydrogens is 184 g/mol. The Morgan fingerprint density at radius 1 is 1.31 bits per heavy atom. The number of halogens is 1. The number of nitrogens with zero attached hydrogens (tertiary/aromatic N) is 2. The van der Waals surface area contributed by atoms with Crippen molar-refractivity contribution in [2.45, 2.75) is 0 Å². The Labute approximate surface area is 80.9 Å². The van der Waals surface area contributed by atoms with Gasteiger partial charge in [-0.2, -0.15) is 0 Å². The van der Waals surface area contributed by atoms with E-state index in [2.05, 4.69) is 16.5 Å². The Bertz CT molecular complexity index is 465. The van der Waals surface area contributed by atoms with Crippen molar-refractivity contribution < 1.29 is 0 Å². The zero-order valence-electron chi connectivity index (χ0n) is 6.87. The standard InChI is InChI=1S/C10H7ClN2/c1-2-7-5-9-8(12-6-7)3-4-10(11)13-9/h2-6H,1H2. The number of aromatic nitrogens is 2. The second-order valence-electron chi connectivity index (χ2n) is 2.65. The van der Waals surface area contributed by atoms with E-state index in [0.717, 1.165) is 16.6 Å². The highest BCUT2D eigenvalue weighted by atomic mass is 35.5. The molecule has 0 radical (unpaired) electrons. The molecule has 0 unspecified atom stereocenters. The van der Waals surface area contributed by atoms with E-state index < -0.39 is 0 Å². The highest BCUT2D eigenvalue weighted by Crippen LogP contribution is 2.14. The summed E-state index contributed by atoms with van der Waals surface area (Å²) in [7, 11) is 0. The summed E-state index contributed by atoms with van der Waals surface area (Å²) < 4.78 is 0. The Hall–Kier alpha value is -1.41. The van der Waals surface area contributed by atoms with Crippen LogP contribution in [0, 0.1) is 0 Å². The maximum Gasteiger partial charge on any atom is 0.129 e. The monoisotopic (exact) mass is 190 g/mol. The number of fused-ring (bicyclic) bond motifs is 1. The third-order valence-electron chi connectivity index (χ3n) is 1.76. The largest absolute Gasteiger partial charge is 0.254 e. The fourth-order valence-electron chi connectivity index (χ4n) is 1.11. The summed E-state index contributed by atoms with van der Waals surface area (Å²) in [5.41, 5.74) is 2.59. The quantitative estimate of drug-likeness (QED) is 0.647. The van der Waals surface area contributed by atoms with Crippen molar-refractivity contribution in [2.75, 3.05) is 0 Å². The number of pyridine rings is 2. The van der Waals surface area contributed by atoms with Crippen LogP contribution in [0.4, 0.5) is 0 Å². The minimum atomic E-state index is 0.482. The molecule has 2 rings (SSSR count). The molecule has 0 saturated heterocycles. The maximum absolute atomic E-state index is 5.75. The van der Waals surface area contributed by atoms with Crippen LogP contribution >= 0.6 is 11.6 Å². The predicted molar refractivity (Wildman–Crippen MR) is 54.6 cm³/mol. The molecule has 0 spiro atoms. The summed E-state index contributed by atoms with van der Waals surface area (Å²) in [6.45, 7) is 3.66. The third kappa shape index (κ3) is 1.53. The fraction of sp³-hybridized carbons (Fsp3) is 0. The second-order valence-corrected chi connectivity index (χ2v) is 3.03. The van der Waals surface area contributed by atoms with E-state index in [4.69, 9.17) is 11.6 Å². The average Bonchev–Trinajstić information content (AvgIpc) is 2.16. The Kier molecular flexibility index (Phi) is 1.99.